The number of phenols is 1. The number of phenolic OH excluding ortho intramolecular Hbond substituents is 1. The van der Waals surface area contributed by atoms with E-state index < -0.39 is 33.0 Å². The molecule has 0 aliphatic rings. The maximum atomic E-state index is 12.0. The van der Waals surface area contributed by atoms with E-state index in [2.05, 4.69) is 11.6 Å². The highest BCUT2D eigenvalue weighted by Gasteiger charge is 2.21. The SMILES string of the molecule is C=CC(C=CC=NCC)c1ccc(-c2c(O)c(=O)c(=O)c(=O)c2=O)s1. The van der Waals surface area contributed by atoms with E-state index in [1.165, 1.54) is 6.07 Å². The van der Waals surface area contributed by atoms with Gasteiger partial charge >= 0.3 is 0 Å². The van der Waals surface area contributed by atoms with Crippen LogP contribution >= 0.6 is 11.3 Å². The molecule has 1 atom stereocenters. The van der Waals surface area contributed by atoms with E-state index in [1.807, 2.05) is 13.0 Å². The van der Waals surface area contributed by atoms with Crippen molar-refractivity contribution >= 4 is 17.6 Å². The number of aliphatic imine (C=N–C) groups is 1. The lowest BCUT2D eigenvalue weighted by Gasteiger charge is -2.03. The molecule has 0 bridgehead atoms. The zero-order valence-electron chi connectivity index (χ0n) is 13.4. The molecule has 1 heterocycles. The molecule has 0 fully saturated rings. The standard InChI is InChI=1S/C18H15NO5S/c1-3-10(6-5-9-19-4-2)11-7-8-12(25-11)13-14(20)16(22)18(24)17(23)15(13)21/h3,5-10,20H,1,4H2,2H3. The number of aromatic hydroxyl groups is 1. The van der Waals surface area contributed by atoms with Gasteiger partial charge in [0.05, 0.1) is 5.56 Å². The van der Waals surface area contributed by atoms with Gasteiger partial charge in [-0.05, 0) is 25.1 Å². The molecule has 128 valence electrons. The molecule has 0 radical (unpaired) electrons. The first-order valence-electron chi connectivity index (χ1n) is 7.42. The Morgan fingerprint density at radius 3 is 2.48 bits per heavy atom. The van der Waals surface area contributed by atoms with Crippen LogP contribution in [0.5, 0.6) is 5.75 Å². The molecule has 25 heavy (non-hydrogen) atoms. The fraction of sp³-hybridized carbons (Fsp3) is 0.167. The number of hydrogen-bond donors (Lipinski definition) is 1. The first-order chi connectivity index (χ1) is 11.9. The van der Waals surface area contributed by atoms with E-state index in [1.54, 1.807) is 24.4 Å². The van der Waals surface area contributed by atoms with Gasteiger partial charge in [0.2, 0.25) is 5.43 Å². The lowest BCUT2D eigenvalue weighted by Crippen LogP contribution is -2.46. The predicted octanol–water partition coefficient (Wildman–Crippen LogP) is 1.35. The van der Waals surface area contributed by atoms with Gasteiger partial charge < -0.3 is 5.11 Å². The monoisotopic (exact) mass is 357 g/mol. The molecule has 2 aromatic rings. The molecule has 1 N–H and O–H groups in total. The van der Waals surface area contributed by atoms with Gasteiger partial charge in [-0.1, -0.05) is 12.2 Å². The van der Waals surface area contributed by atoms with Crippen molar-refractivity contribution in [2.75, 3.05) is 6.54 Å². The van der Waals surface area contributed by atoms with Crippen LogP contribution in [0.1, 0.15) is 17.7 Å². The third-order valence-corrected chi connectivity index (χ3v) is 4.65. The Labute approximate surface area is 146 Å². The number of nitrogens with zero attached hydrogens (tertiary/aromatic N) is 1. The summed E-state index contributed by atoms with van der Waals surface area (Å²) in [6.07, 6.45) is 6.96. The van der Waals surface area contributed by atoms with Gasteiger partial charge in [0.25, 0.3) is 16.3 Å². The summed E-state index contributed by atoms with van der Waals surface area (Å²) in [6, 6.07) is 3.22. The van der Waals surface area contributed by atoms with Crippen LogP contribution < -0.4 is 21.7 Å². The van der Waals surface area contributed by atoms with Crippen molar-refractivity contribution in [2.45, 2.75) is 12.8 Å². The van der Waals surface area contributed by atoms with E-state index in [9.17, 15) is 24.3 Å². The molecular weight excluding hydrogens is 342 g/mol. The molecule has 0 amide bonds. The second-order valence-electron chi connectivity index (χ2n) is 5.04. The molecular formula is C18H15NO5S. The van der Waals surface area contributed by atoms with Crippen LogP contribution in [-0.4, -0.2) is 17.9 Å². The Hall–Kier alpha value is -2.93. The van der Waals surface area contributed by atoms with Crippen LogP contribution in [0, 0.1) is 0 Å². The van der Waals surface area contributed by atoms with Gasteiger partial charge in [-0.25, -0.2) is 0 Å². The van der Waals surface area contributed by atoms with Gasteiger partial charge in [0, 0.05) is 28.4 Å². The minimum Gasteiger partial charge on any atom is -0.503 e. The molecule has 1 unspecified atom stereocenters. The Kier molecular flexibility index (Phi) is 5.71. The largest absolute Gasteiger partial charge is 0.503 e. The van der Waals surface area contributed by atoms with E-state index in [-0.39, 0.29) is 10.8 Å². The average Bonchev–Trinajstić information content (AvgIpc) is 3.08. The molecule has 0 saturated heterocycles. The summed E-state index contributed by atoms with van der Waals surface area (Å²) in [6.45, 7) is 6.33. The van der Waals surface area contributed by atoms with Crippen molar-refractivity contribution in [3.63, 3.8) is 0 Å². The summed E-state index contributed by atoms with van der Waals surface area (Å²) < 4.78 is 0. The molecule has 0 spiro atoms. The molecule has 2 rings (SSSR count). The van der Waals surface area contributed by atoms with Crippen LogP contribution in [0.2, 0.25) is 0 Å². The summed E-state index contributed by atoms with van der Waals surface area (Å²) >= 11 is 1.13. The van der Waals surface area contributed by atoms with Crippen molar-refractivity contribution < 1.29 is 5.11 Å². The van der Waals surface area contributed by atoms with E-state index in [0.29, 0.717) is 6.54 Å². The van der Waals surface area contributed by atoms with Crippen molar-refractivity contribution in [3.8, 4) is 16.2 Å². The topological polar surface area (TPSA) is 101 Å². The molecule has 0 aliphatic heterocycles. The summed E-state index contributed by atoms with van der Waals surface area (Å²) in [5, 5.41) is 9.85. The van der Waals surface area contributed by atoms with Gasteiger partial charge in [0.1, 0.15) is 0 Å². The Bertz CT molecular complexity index is 1050. The zero-order valence-corrected chi connectivity index (χ0v) is 14.2. The van der Waals surface area contributed by atoms with Crippen molar-refractivity contribution in [1.82, 2.24) is 0 Å². The third kappa shape index (κ3) is 3.61. The van der Waals surface area contributed by atoms with Crippen molar-refractivity contribution in [3.05, 3.63) is 82.7 Å². The molecule has 0 saturated carbocycles. The average molecular weight is 357 g/mol. The van der Waals surface area contributed by atoms with Crippen LogP contribution in [-0.2, 0) is 0 Å². The smallest absolute Gasteiger partial charge is 0.280 e. The Morgan fingerprint density at radius 2 is 1.84 bits per heavy atom. The van der Waals surface area contributed by atoms with Crippen LogP contribution in [0.15, 0.2) is 61.1 Å². The Balaban J connectivity index is 2.51. The molecule has 0 aliphatic carbocycles. The lowest BCUT2D eigenvalue weighted by molar-refractivity contribution is 0.471. The summed E-state index contributed by atoms with van der Waals surface area (Å²) in [5.41, 5.74) is -5.89. The Morgan fingerprint density at radius 1 is 1.16 bits per heavy atom. The molecule has 7 heteroatoms. The molecule has 1 aromatic carbocycles. The van der Waals surface area contributed by atoms with Gasteiger partial charge in [-0.3, -0.25) is 24.2 Å². The van der Waals surface area contributed by atoms with Crippen LogP contribution in [0.3, 0.4) is 0 Å². The van der Waals surface area contributed by atoms with Gasteiger partial charge in [0.15, 0.2) is 5.75 Å². The maximum absolute atomic E-state index is 12.0. The third-order valence-electron chi connectivity index (χ3n) is 3.45. The number of allylic oxidation sites excluding steroid dienone is 3. The lowest BCUT2D eigenvalue weighted by atomic mass is 10.1. The fourth-order valence-corrected chi connectivity index (χ4v) is 3.30. The second kappa shape index (κ2) is 7.76. The van der Waals surface area contributed by atoms with Crippen LogP contribution in [0.25, 0.3) is 10.4 Å². The minimum atomic E-state index is -1.51. The first-order valence-corrected chi connectivity index (χ1v) is 8.24. The summed E-state index contributed by atoms with van der Waals surface area (Å²) in [5.74, 6) is -1.15. The highest BCUT2D eigenvalue weighted by molar-refractivity contribution is 7.15. The van der Waals surface area contributed by atoms with Gasteiger partial charge in [-0.2, -0.15) is 0 Å². The van der Waals surface area contributed by atoms with Crippen LogP contribution in [0.4, 0.5) is 0 Å². The molecule has 6 nitrogen and oxygen atoms in total. The molecule has 1 aromatic heterocycles. The van der Waals surface area contributed by atoms with E-state index in [0.717, 1.165) is 16.2 Å². The second-order valence-corrected chi connectivity index (χ2v) is 6.15. The minimum absolute atomic E-state index is 0.170. The predicted molar refractivity (Wildman–Crippen MR) is 100.0 cm³/mol. The number of thiophene rings is 1. The zero-order chi connectivity index (χ0) is 18.6. The van der Waals surface area contributed by atoms with Crippen molar-refractivity contribution in [1.29, 1.82) is 0 Å². The maximum Gasteiger partial charge on any atom is 0.280 e. The highest BCUT2D eigenvalue weighted by Crippen LogP contribution is 2.34. The highest BCUT2D eigenvalue weighted by atomic mass is 32.1. The summed E-state index contributed by atoms with van der Waals surface area (Å²) in [7, 11) is 0. The van der Waals surface area contributed by atoms with Crippen molar-refractivity contribution in [2.24, 2.45) is 4.99 Å². The van der Waals surface area contributed by atoms with E-state index in [4.69, 9.17) is 0 Å². The van der Waals surface area contributed by atoms with Gasteiger partial charge in [-0.15, -0.1) is 17.9 Å². The van der Waals surface area contributed by atoms with E-state index >= 15 is 0 Å². The summed E-state index contributed by atoms with van der Waals surface area (Å²) in [4.78, 5) is 51.6. The number of benzene rings is 1. The quantitative estimate of drug-likeness (QED) is 0.478. The first kappa shape index (κ1) is 18.4. The number of rotatable bonds is 6. The fourth-order valence-electron chi connectivity index (χ4n) is 2.17. The number of hydrogen-bond acceptors (Lipinski definition) is 7. The normalized spacial score (nSPS) is 12.8.